The molecule has 0 saturated heterocycles. The van der Waals surface area contributed by atoms with E-state index in [1.165, 1.54) is 6.21 Å². The van der Waals surface area contributed by atoms with Crippen molar-refractivity contribution in [1.29, 1.82) is 0 Å². The van der Waals surface area contributed by atoms with E-state index < -0.39 is 0 Å². The van der Waals surface area contributed by atoms with Crippen molar-refractivity contribution in [3.8, 4) is 11.5 Å². The summed E-state index contributed by atoms with van der Waals surface area (Å²) in [5.41, 5.74) is 0.596. The van der Waals surface area contributed by atoms with Gasteiger partial charge < -0.3 is 9.47 Å². The number of aromatic amines is 1. The molecule has 0 spiro atoms. The number of H-pyrrole nitrogens is 1. The lowest BCUT2D eigenvalue weighted by molar-refractivity contribution is 0.394. The molecule has 1 N–H and O–H groups in total. The summed E-state index contributed by atoms with van der Waals surface area (Å²) >= 11 is 5.00. The monoisotopic (exact) mass is 306 g/mol. The predicted molar refractivity (Wildman–Crippen MR) is 81.0 cm³/mol. The van der Waals surface area contributed by atoms with Crippen LogP contribution in [-0.2, 0) is 0 Å². The van der Waals surface area contributed by atoms with Gasteiger partial charge in [0.15, 0.2) is 0 Å². The molecule has 7 nitrogen and oxygen atoms in total. The second-order valence-electron chi connectivity index (χ2n) is 4.08. The molecule has 1 heterocycles. The van der Waals surface area contributed by atoms with Gasteiger partial charge in [0.05, 0.1) is 20.4 Å². The molecule has 0 fully saturated rings. The van der Waals surface area contributed by atoms with Crippen LogP contribution in [0.15, 0.2) is 28.1 Å². The van der Waals surface area contributed by atoms with Crippen LogP contribution in [0.2, 0.25) is 0 Å². The molecular formula is C13H14N4O3S. The quantitative estimate of drug-likeness (QED) is 0.684. The maximum Gasteiger partial charge on any atom is 0.296 e. The molecule has 0 unspecified atom stereocenters. The SMILES string of the molecule is COc1ccc(C=Nn2c(=S)[nH]nc(C)c2=O)c(OC)c1. The normalized spacial score (nSPS) is 10.8. The van der Waals surface area contributed by atoms with Crippen LogP contribution in [0.25, 0.3) is 0 Å². The highest BCUT2D eigenvalue weighted by molar-refractivity contribution is 7.71. The Morgan fingerprint density at radius 3 is 2.81 bits per heavy atom. The number of aryl methyl sites for hydroxylation is 1. The molecule has 0 radical (unpaired) electrons. The van der Waals surface area contributed by atoms with Crippen LogP contribution in [0.3, 0.4) is 0 Å². The molecule has 0 atom stereocenters. The van der Waals surface area contributed by atoms with Gasteiger partial charge in [0.1, 0.15) is 17.2 Å². The van der Waals surface area contributed by atoms with Crippen molar-refractivity contribution in [3.05, 3.63) is 44.6 Å². The van der Waals surface area contributed by atoms with E-state index in [1.54, 1.807) is 39.3 Å². The first-order chi connectivity index (χ1) is 10.1. The Morgan fingerprint density at radius 2 is 2.14 bits per heavy atom. The Balaban J connectivity index is 2.45. The van der Waals surface area contributed by atoms with Gasteiger partial charge in [0.2, 0.25) is 4.77 Å². The van der Waals surface area contributed by atoms with Crippen LogP contribution in [-0.4, -0.2) is 35.3 Å². The molecule has 0 bridgehead atoms. The van der Waals surface area contributed by atoms with E-state index in [2.05, 4.69) is 15.3 Å². The lowest BCUT2D eigenvalue weighted by atomic mass is 10.2. The van der Waals surface area contributed by atoms with Gasteiger partial charge in [-0.15, -0.1) is 0 Å². The van der Waals surface area contributed by atoms with E-state index in [0.29, 0.717) is 17.1 Å². The van der Waals surface area contributed by atoms with Gasteiger partial charge in [-0.1, -0.05) is 0 Å². The molecule has 2 aromatic rings. The standard InChI is InChI=1S/C13H14N4O3S/c1-8-12(18)17(13(21)16-15-8)14-7-9-4-5-10(19-2)6-11(9)20-3/h4-7H,1-3H3,(H,16,21). The average Bonchev–Trinajstić information content (AvgIpc) is 2.51. The summed E-state index contributed by atoms with van der Waals surface area (Å²) in [5.74, 6) is 1.24. The second kappa shape index (κ2) is 6.31. The highest BCUT2D eigenvalue weighted by Crippen LogP contribution is 2.23. The fraction of sp³-hybridized carbons (Fsp3) is 0.231. The fourth-order valence-corrected chi connectivity index (χ4v) is 1.80. The first kappa shape index (κ1) is 14.9. The molecule has 0 aliphatic rings. The van der Waals surface area contributed by atoms with Crippen molar-refractivity contribution in [2.75, 3.05) is 14.2 Å². The number of aromatic nitrogens is 3. The molecule has 0 amide bonds. The minimum absolute atomic E-state index is 0.120. The molecule has 21 heavy (non-hydrogen) atoms. The minimum atomic E-state index is -0.373. The molecule has 1 aromatic heterocycles. The molecule has 0 aliphatic carbocycles. The Kier molecular flexibility index (Phi) is 4.49. The zero-order valence-electron chi connectivity index (χ0n) is 11.8. The number of methoxy groups -OCH3 is 2. The van der Waals surface area contributed by atoms with Crippen molar-refractivity contribution < 1.29 is 9.47 Å². The summed E-state index contributed by atoms with van der Waals surface area (Å²) in [6, 6.07) is 5.26. The number of nitrogens with zero attached hydrogens (tertiary/aromatic N) is 3. The highest BCUT2D eigenvalue weighted by atomic mass is 32.1. The zero-order valence-corrected chi connectivity index (χ0v) is 12.6. The third-order valence-electron chi connectivity index (χ3n) is 2.77. The average molecular weight is 306 g/mol. The van der Waals surface area contributed by atoms with Gasteiger partial charge in [0, 0.05) is 11.6 Å². The van der Waals surface area contributed by atoms with E-state index >= 15 is 0 Å². The van der Waals surface area contributed by atoms with Crippen molar-refractivity contribution in [3.63, 3.8) is 0 Å². The van der Waals surface area contributed by atoms with Gasteiger partial charge in [-0.05, 0) is 31.3 Å². The van der Waals surface area contributed by atoms with E-state index in [9.17, 15) is 4.79 Å². The van der Waals surface area contributed by atoms with E-state index in [4.69, 9.17) is 21.7 Å². The second-order valence-corrected chi connectivity index (χ2v) is 4.47. The van der Waals surface area contributed by atoms with Crippen LogP contribution in [0.5, 0.6) is 11.5 Å². The molecule has 0 saturated carbocycles. The van der Waals surface area contributed by atoms with Crippen LogP contribution in [0.1, 0.15) is 11.3 Å². The maximum absolute atomic E-state index is 11.9. The Hall–Kier alpha value is -2.48. The maximum atomic E-state index is 11.9. The van der Waals surface area contributed by atoms with E-state index in [0.717, 1.165) is 4.68 Å². The van der Waals surface area contributed by atoms with Crippen LogP contribution < -0.4 is 15.0 Å². The lowest BCUT2D eigenvalue weighted by Gasteiger charge is -2.07. The first-order valence-electron chi connectivity index (χ1n) is 6.01. The molecule has 2 rings (SSSR count). The Morgan fingerprint density at radius 1 is 1.38 bits per heavy atom. The van der Waals surface area contributed by atoms with Gasteiger partial charge in [-0.3, -0.25) is 9.89 Å². The summed E-state index contributed by atoms with van der Waals surface area (Å²) in [6.45, 7) is 1.58. The fourth-order valence-electron chi connectivity index (χ4n) is 1.62. The first-order valence-corrected chi connectivity index (χ1v) is 6.42. The predicted octanol–water partition coefficient (Wildman–Crippen LogP) is 1.51. The van der Waals surface area contributed by atoms with Crippen LogP contribution in [0, 0.1) is 11.7 Å². The van der Waals surface area contributed by atoms with Crippen LogP contribution >= 0.6 is 12.2 Å². The third-order valence-corrected chi connectivity index (χ3v) is 3.03. The largest absolute Gasteiger partial charge is 0.497 e. The summed E-state index contributed by atoms with van der Waals surface area (Å²) in [7, 11) is 3.11. The number of hydrogen-bond donors (Lipinski definition) is 1. The van der Waals surface area contributed by atoms with Crippen molar-refractivity contribution in [1.82, 2.24) is 14.9 Å². The van der Waals surface area contributed by atoms with Crippen LogP contribution in [0.4, 0.5) is 0 Å². The van der Waals surface area contributed by atoms with Gasteiger partial charge in [0.25, 0.3) is 5.56 Å². The van der Waals surface area contributed by atoms with Gasteiger partial charge in [-0.25, -0.2) is 0 Å². The highest BCUT2D eigenvalue weighted by Gasteiger charge is 2.04. The summed E-state index contributed by atoms with van der Waals surface area (Å²) in [6.07, 6.45) is 1.49. The summed E-state index contributed by atoms with van der Waals surface area (Å²) in [4.78, 5) is 11.9. The zero-order chi connectivity index (χ0) is 15.4. The molecule has 0 aliphatic heterocycles. The van der Waals surface area contributed by atoms with E-state index in [1.807, 2.05) is 0 Å². The third kappa shape index (κ3) is 3.16. The topological polar surface area (TPSA) is 81.5 Å². The van der Waals surface area contributed by atoms with Gasteiger partial charge in [-0.2, -0.15) is 14.9 Å². The van der Waals surface area contributed by atoms with Crippen molar-refractivity contribution in [2.24, 2.45) is 5.10 Å². The number of ether oxygens (including phenoxy) is 2. The van der Waals surface area contributed by atoms with Crippen molar-refractivity contribution >= 4 is 18.4 Å². The lowest BCUT2D eigenvalue weighted by Crippen LogP contribution is -2.22. The Bertz CT molecular complexity index is 795. The number of nitrogens with one attached hydrogen (secondary N) is 1. The molecular weight excluding hydrogens is 292 g/mol. The Labute approximate surface area is 125 Å². The number of benzene rings is 1. The molecule has 8 heteroatoms. The molecule has 1 aromatic carbocycles. The number of rotatable bonds is 4. The summed E-state index contributed by atoms with van der Waals surface area (Å²) < 4.78 is 11.6. The van der Waals surface area contributed by atoms with E-state index in [-0.39, 0.29) is 16.0 Å². The number of hydrogen-bond acceptors (Lipinski definition) is 6. The smallest absolute Gasteiger partial charge is 0.296 e. The van der Waals surface area contributed by atoms with Gasteiger partial charge >= 0.3 is 0 Å². The summed E-state index contributed by atoms with van der Waals surface area (Å²) in [5, 5.41) is 10.4. The molecule has 110 valence electrons. The minimum Gasteiger partial charge on any atom is -0.497 e. The van der Waals surface area contributed by atoms with Crippen molar-refractivity contribution in [2.45, 2.75) is 6.92 Å².